The lowest BCUT2D eigenvalue weighted by molar-refractivity contribution is -0.117. The average molecular weight is 261 g/mol. The predicted molar refractivity (Wildman–Crippen MR) is 75.4 cm³/mol. The highest BCUT2D eigenvalue weighted by molar-refractivity contribution is 7.49. The summed E-state index contributed by atoms with van der Waals surface area (Å²) in [6.07, 6.45) is 2.61. The Morgan fingerprint density at radius 1 is 1.18 bits per heavy atom. The Bertz CT molecular complexity index is 211. The van der Waals surface area contributed by atoms with Crippen LogP contribution >= 0.6 is 8.30 Å². The molecule has 0 rings (SSSR count). The zero-order valence-corrected chi connectivity index (χ0v) is 13.1. The summed E-state index contributed by atoms with van der Waals surface area (Å²) in [5.74, 6) is 0.273. The molecule has 0 fully saturated rings. The minimum absolute atomic E-state index is 0.273. The van der Waals surface area contributed by atoms with E-state index in [9.17, 15) is 4.79 Å². The molecule has 0 bridgehead atoms. The molecule has 102 valence electrons. The van der Waals surface area contributed by atoms with E-state index in [0.717, 1.165) is 19.4 Å². The van der Waals surface area contributed by atoms with Crippen LogP contribution in [0, 0.1) is 0 Å². The highest BCUT2D eigenvalue weighted by atomic mass is 31.2. The molecule has 0 amide bonds. The van der Waals surface area contributed by atoms with Gasteiger partial charge in [-0.3, -0.25) is 4.67 Å². The standard InChI is InChI=1S/C13H28NO2P/c1-11(2)14(12(3)4)17(6)16-10-8-7-9-13(5)15/h11-12H,7-10H2,1-6H3. The fraction of sp³-hybridized carbons (Fsp3) is 0.923. The number of Topliss-reactive ketones (excluding diaryl/α,β-unsaturated/α-hetero) is 1. The van der Waals surface area contributed by atoms with Crippen LogP contribution in [0.15, 0.2) is 0 Å². The van der Waals surface area contributed by atoms with Gasteiger partial charge < -0.3 is 9.32 Å². The molecular formula is C13H28NO2P. The maximum Gasteiger partial charge on any atom is 0.129 e. The molecule has 17 heavy (non-hydrogen) atoms. The van der Waals surface area contributed by atoms with Gasteiger partial charge in [0.05, 0.1) is 6.61 Å². The summed E-state index contributed by atoms with van der Waals surface area (Å²) in [5.41, 5.74) is 0. The van der Waals surface area contributed by atoms with Crippen LogP contribution in [0.2, 0.25) is 0 Å². The Kier molecular flexibility index (Phi) is 9.03. The van der Waals surface area contributed by atoms with Gasteiger partial charge in [0, 0.05) is 18.5 Å². The van der Waals surface area contributed by atoms with Crippen LogP contribution < -0.4 is 0 Å². The minimum Gasteiger partial charge on any atom is -0.344 e. The van der Waals surface area contributed by atoms with Crippen LogP contribution in [0.5, 0.6) is 0 Å². The number of hydrogen-bond donors (Lipinski definition) is 0. The number of ketones is 1. The van der Waals surface area contributed by atoms with E-state index in [2.05, 4.69) is 39.0 Å². The number of rotatable bonds is 9. The van der Waals surface area contributed by atoms with E-state index in [1.54, 1.807) is 6.92 Å². The Morgan fingerprint density at radius 3 is 2.12 bits per heavy atom. The fourth-order valence-electron chi connectivity index (χ4n) is 1.99. The van der Waals surface area contributed by atoms with Crippen molar-refractivity contribution in [2.45, 2.75) is 66.0 Å². The SMILES string of the molecule is CC(=O)CCCCOP(C)N(C(C)C)C(C)C. The molecule has 0 aromatic rings. The second-order valence-corrected chi connectivity index (χ2v) is 6.67. The largest absolute Gasteiger partial charge is 0.344 e. The van der Waals surface area contributed by atoms with Gasteiger partial charge >= 0.3 is 0 Å². The Labute approximate surface area is 108 Å². The number of hydrogen-bond acceptors (Lipinski definition) is 3. The van der Waals surface area contributed by atoms with E-state index in [4.69, 9.17) is 4.52 Å². The van der Waals surface area contributed by atoms with Crippen molar-refractivity contribution in [3.63, 3.8) is 0 Å². The summed E-state index contributed by atoms with van der Waals surface area (Å²) in [6.45, 7) is 13.4. The summed E-state index contributed by atoms with van der Waals surface area (Å²) in [7, 11) is -0.506. The van der Waals surface area contributed by atoms with Gasteiger partial charge in [-0.25, -0.2) is 0 Å². The monoisotopic (exact) mass is 261 g/mol. The van der Waals surface area contributed by atoms with Crippen LogP contribution in [0.3, 0.4) is 0 Å². The molecule has 0 aliphatic carbocycles. The van der Waals surface area contributed by atoms with Crippen molar-refractivity contribution in [1.82, 2.24) is 4.67 Å². The lowest BCUT2D eigenvalue weighted by atomic mass is 10.2. The predicted octanol–water partition coefficient (Wildman–Crippen LogP) is 3.82. The number of carbonyl (C=O) groups excluding carboxylic acids is 1. The molecule has 0 radical (unpaired) electrons. The lowest BCUT2D eigenvalue weighted by Crippen LogP contribution is -2.32. The molecule has 3 nitrogen and oxygen atoms in total. The Balaban J connectivity index is 3.83. The summed E-state index contributed by atoms with van der Waals surface area (Å²) < 4.78 is 8.30. The Morgan fingerprint density at radius 2 is 1.71 bits per heavy atom. The molecule has 0 saturated heterocycles. The van der Waals surface area contributed by atoms with Crippen LogP contribution in [0.25, 0.3) is 0 Å². The van der Waals surface area contributed by atoms with Crippen LogP contribution in [-0.4, -0.2) is 35.8 Å². The lowest BCUT2D eigenvalue weighted by Gasteiger charge is -2.35. The summed E-state index contributed by atoms with van der Waals surface area (Å²) in [4.78, 5) is 10.8. The second-order valence-electron chi connectivity index (χ2n) is 5.02. The zero-order chi connectivity index (χ0) is 13.4. The summed E-state index contributed by atoms with van der Waals surface area (Å²) in [5, 5.41) is 0. The van der Waals surface area contributed by atoms with Gasteiger partial charge in [-0.2, -0.15) is 0 Å². The molecule has 4 heteroatoms. The van der Waals surface area contributed by atoms with Gasteiger partial charge in [0.2, 0.25) is 0 Å². The van der Waals surface area contributed by atoms with E-state index < -0.39 is 8.30 Å². The first-order chi connectivity index (χ1) is 7.86. The second kappa shape index (κ2) is 9.02. The molecule has 0 spiro atoms. The molecule has 0 heterocycles. The molecule has 0 saturated carbocycles. The number of unbranched alkanes of at least 4 members (excludes halogenated alkanes) is 1. The maximum atomic E-state index is 10.8. The highest BCUT2D eigenvalue weighted by Crippen LogP contribution is 2.40. The van der Waals surface area contributed by atoms with Gasteiger partial charge in [-0.05, 0) is 54.1 Å². The molecule has 0 N–H and O–H groups in total. The smallest absolute Gasteiger partial charge is 0.129 e. The first-order valence-electron chi connectivity index (χ1n) is 6.50. The quantitative estimate of drug-likeness (QED) is 0.467. The number of carbonyl (C=O) groups is 1. The third kappa shape index (κ3) is 7.86. The van der Waals surface area contributed by atoms with E-state index in [1.165, 1.54) is 0 Å². The topological polar surface area (TPSA) is 29.5 Å². The molecule has 0 aliphatic rings. The van der Waals surface area contributed by atoms with E-state index >= 15 is 0 Å². The molecule has 0 aliphatic heterocycles. The van der Waals surface area contributed by atoms with Crippen molar-refractivity contribution in [2.75, 3.05) is 13.3 Å². The normalized spacial score (nSPS) is 13.7. The van der Waals surface area contributed by atoms with Gasteiger partial charge in [-0.15, -0.1) is 0 Å². The van der Waals surface area contributed by atoms with Gasteiger partial charge in [0.25, 0.3) is 0 Å². The first-order valence-corrected chi connectivity index (χ1v) is 8.16. The average Bonchev–Trinajstić information content (AvgIpc) is 2.15. The van der Waals surface area contributed by atoms with Crippen molar-refractivity contribution in [1.29, 1.82) is 0 Å². The molecule has 0 aromatic heterocycles. The van der Waals surface area contributed by atoms with Crippen molar-refractivity contribution in [3.05, 3.63) is 0 Å². The van der Waals surface area contributed by atoms with Crippen LogP contribution in [-0.2, 0) is 9.32 Å². The van der Waals surface area contributed by atoms with Crippen LogP contribution in [0.4, 0.5) is 0 Å². The Hall–Kier alpha value is 0.0200. The zero-order valence-electron chi connectivity index (χ0n) is 12.2. The van der Waals surface area contributed by atoms with Crippen molar-refractivity contribution >= 4 is 14.1 Å². The third-order valence-corrected chi connectivity index (χ3v) is 4.72. The fourth-order valence-corrected chi connectivity index (χ4v) is 3.81. The van der Waals surface area contributed by atoms with Crippen LogP contribution in [0.1, 0.15) is 53.9 Å². The molecule has 1 atom stereocenters. The molecular weight excluding hydrogens is 233 g/mol. The minimum atomic E-state index is -0.506. The third-order valence-electron chi connectivity index (χ3n) is 2.58. The van der Waals surface area contributed by atoms with E-state index in [-0.39, 0.29) is 5.78 Å². The van der Waals surface area contributed by atoms with Crippen molar-refractivity contribution in [2.24, 2.45) is 0 Å². The van der Waals surface area contributed by atoms with E-state index in [1.807, 2.05) is 0 Å². The summed E-state index contributed by atoms with van der Waals surface area (Å²) in [6, 6.07) is 1.03. The molecule has 0 aromatic carbocycles. The van der Waals surface area contributed by atoms with Crippen molar-refractivity contribution in [3.8, 4) is 0 Å². The van der Waals surface area contributed by atoms with Gasteiger partial charge in [-0.1, -0.05) is 0 Å². The first kappa shape index (κ1) is 17.0. The van der Waals surface area contributed by atoms with Gasteiger partial charge in [0.15, 0.2) is 0 Å². The molecule has 1 unspecified atom stereocenters. The summed E-state index contributed by atoms with van der Waals surface area (Å²) >= 11 is 0. The maximum absolute atomic E-state index is 10.8. The number of nitrogens with zero attached hydrogens (tertiary/aromatic N) is 1. The van der Waals surface area contributed by atoms with Crippen molar-refractivity contribution < 1.29 is 9.32 Å². The van der Waals surface area contributed by atoms with E-state index in [0.29, 0.717) is 18.5 Å². The van der Waals surface area contributed by atoms with Gasteiger partial charge in [0.1, 0.15) is 14.1 Å². The highest BCUT2D eigenvalue weighted by Gasteiger charge is 2.20.